The summed E-state index contributed by atoms with van der Waals surface area (Å²) >= 11 is 0. The monoisotopic (exact) mass is 1400 g/mol. The summed E-state index contributed by atoms with van der Waals surface area (Å²) in [7, 11) is 0. The maximum Gasteiger partial charge on any atom is 0.143 e. The highest BCUT2D eigenvalue weighted by Gasteiger charge is 2.41. The van der Waals surface area contributed by atoms with Crippen LogP contribution in [0.1, 0.15) is 49.9 Å². The topological polar surface area (TPSA) is 26.3 Å². The van der Waals surface area contributed by atoms with Gasteiger partial charge in [0.05, 0.1) is 0 Å². The second-order valence-corrected chi connectivity index (χ2v) is 31.1. The van der Waals surface area contributed by atoms with E-state index in [9.17, 15) is 0 Å². The minimum atomic E-state index is -0.163. The number of benzene rings is 19. The molecule has 0 bridgehead atoms. The standard InChI is InChI=1S/C57H38O.C51H34O/c1-57(2)54-40-20-4-3-15-35(40)31-32-49(54)48-28-13-26-41(55(48)57)36-16-11-18-38(33-36)52-44-22-5-7-24-46(44)53(47-25-8-6-23-45(47)52)39-19-12-17-37(34-39)42-27-14-29-50-43-21-9-10-30-51(43)58-56(42)50;1-51(2)48-34-17-4-3-14-31(34)28-29-42(48)41-24-12-23-35(49(41)51)32-15-11-16-33(30-32)46-37-19-5-7-21-39(37)47(40-22-8-6-20-38(40)46)44-26-13-25-43-36-18-9-10-27-45(36)52-50(43)44/h3-34H,1-2H3;3-30H,1-2H3. The third-order valence-electron chi connectivity index (χ3n) is 24.4. The molecule has 0 fully saturated rings. The van der Waals surface area contributed by atoms with Gasteiger partial charge in [-0.05, 0) is 201 Å². The van der Waals surface area contributed by atoms with Gasteiger partial charge in [0.25, 0.3) is 0 Å². The molecule has 2 aliphatic rings. The van der Waals surface area contributed by atoms with E-state index in [4.69, 9.17) is 8.83 Å². The second-order valence-electron chi connectivity index (χ2n) is 31.1. The molecule has 0 unspecified atom stereocenters. The number of para-hydroxylation sites is 4. The van der Waals surface area contributed by atoms with E-state index in [1.165, 1.54) is 170 Å². The minimum Gasteiger partial charge on any atom is -0.455 e. The predicted octanol–water partition coefficient (Wildman–Crippen LogP) is 30.4. The van der Waals surface area contributed by atoms with Crippen molar-refractivity contribution in [3.8, 4) is 100 Å². The number of furan rings is 2. The molecular formula is C108H72O2. The molecule has 0 saturated heterocycles. The molecule has 21 aromatic rings. The molecule has 2 aromatic heterocycles. The molecule has 2 nitrogen and oxygen atoms in total. The van der Waals surface area contributed by atoms with E-state index in [1.807, 2.05) is 12.1 Å². The van der Waals surface area contributed by atoms with Gasteiger partial charge in [-0.15, -0.1) is 0 Å². The van der Waals surface area contributed by atoms with Gasteiger partial charge in [-0.25, -0.2) is 0 Å². The lowest BCUT2D eigenvalue weighted by Gasteiger charge is -2.26. The van der Waals surface area contributed by atoms with Crippen LogP contribution in [-0.2, 0) is 10.8 Å². The first kappa shape index (κ1) is 63.6. The van der Waals surface area contributed by atoms with Crippen LogP contribution in [0.3, 0.4) is 0 Å². The Kier molecular flexibility index (Phi) is 14.1. The van der Waals surface area contributed by atoms with Gasteiger partial charge in [0.15, 0.2) is 0 Å². The predicted molar refractivity (Wildman–Crippen MR) is 466 cm³/mol. The van der Waals surface area contributed by atoms with Crippen molar-refractivity contribution in [1.29, 1.82) is 0 Å². The highest BCUT2D eigenvalue weighted by molar-refractivity contribution is 6.25. The maximum absolute atomic E-state index is 6.62. The maximum atomic E-state index is 6.62. The summed E-state index contributed by atoms with van der Waals surface area (Å²) in [5.41, 5.74) is 31.5. The van der Waals surface area contributed by atoms with Gasteiger partial charge in [0, 0.05) is 49.1 Å². The fourth-order valence-corrected chi connectivity index (χ4v) is 19.9. The molecule has 0 amide bonds. The zero-order valence-electron chi connectivity index (χ0n) is 61.5. The molecule has 19 aromatic carbocycles. The highest BCUT2D eigenvalue weighted by Crippen LogP contribution is 2.58. The van der Waals surface area contributed by atoms with Crippen LogP contribution < -0.4 is 0 Å². The third kappa shape index (κ3) is 9.49. The average Bonchev–Trinajstić information content (AvgIpc) is 1.65. The van der Waals surface area contributed by atoms with Gasteiger partial charge in [-0.1, -0.05) is 361 Å². The smallest absolute Gasteiger partial charge is 0.143 e. The van der Waals surface area contributed by atoms with Crippen LogP contribution in [0.2, 0.25) is 0 Å². The van der Waals surface area contributed by atoms with Crippen molar-refractivity contribution < 1.29 is 8.83 Å². The summed E-state index contributed by atoms with van der Waals surface area (Å²) in [4.78, 5) is 0. The number of rotatable bonds is 7. The van der Waals surface area contributed by atoms with Crippen molar-refractivity contribution in [2.24, 2.45) is 0 Å². The molecule has 2 aliphatic carbocycles. The summed E-state index contributed by atoms with van der Waals surface area (Å²) in [6.07, 6.45) is 0. The van der Waals surface area contributed by atoms with E-state index in [-0.39, 0.29) is 10.8 Å². The Bertz CT molecular complexity index is 7360. The Morgan fingerprint density at radius 3 is 0.836 bits per heavy atom. The van der Waals surface area contributed by atoms with E-state index in [0.717, 1.165) is 60.6 Å². The molecule has 516 valence electrons. The first-order chi connectivity index (χ1) is 54.1. The van der Waals surface area contributed by atoms with Gasteiger partial charge in [-0.3, -0.25) is 0 Å². The van der Waals surface area contributed by atoms with Gasteiger partial charge in [-0.2, -0.15) is 0 Å². The highest BCUT2D eigenvalue weighted by atomic mass is 16.3. The zero-order valence-corrected chi connectivity index (χ0v) is 61.5. The summed E-state index contributed by atoms with van der Waals surface area (Å²) in [6, 6.07) is 134. The van der Waals surface area contributed by atoms with Crippen molar-refractivity contribution >= 4 is 109 Å². The van der Waals surface area contributed by atoms with Crippen molar-refractivity contribution in [2.45, 2.75) is 38.5 Å². The van der Waals surface area contributed by atoms with Crippen LogP contribution in [0, 0.1) is 0 Å². The number of hydrogen-bond donors (Lipinski definition) is 0. The Hall–Kier alpha value is -13.7. The molecule has 110 heavy (non-hydrogen) atoms. The molecule has 2 heteroatoms. The second kappa shape index (κ2) is 24.4. The van der Waals surface area contributed by atoms with E-state index < -0.39 is 0 Å². The van der Waals surface area contributed by atoms with Crippen LogP contribution >= 0.6 is 0 Å². The summed E-state index contributed by atoms with van der Waals surface area (Å²) < 4.78 is 13.1. The van der Waals surface area contributed by atoms with Crippen molar-refractivity contribution in [3.05, 3.63) is 386 Å². The zero-order chi connectivity index (χ0) is 73.1. The van der Waals surface area contributed by atoms with Crippen molar-refractivity contribution in [2.75, 3.05) is 0 Å². The van der Waals surface area contributed by atoms with E-state index in [1.54, 1.807) is 0 Å². The van der Waals surface area contributed by atoms with E-state index in [2.05, 4.69) is 380 Å². The molecule has 0 atom stereocenters. The molecule has 0 aliphatic heterocycles. The minimum absolute atomic E-state index is 0.156. The molecule has 0 spiro atoms. The molecule has 23 rings (SSSR count). The fourth-order valence-electron chi connectivity index (χ4n) is 19.9. The average molecular weight is 1400 g/mol. The van der Waals surface area contributed by atoms with Gasteiger partial charge in [0.1, 0.15) is 22.3 Å². The Balaban J connectivity index is 0.000000136. The van der Waals surface area contributed by atoms with Crippen LogP contribution in [0.25, 0.3) is 209 Å². The van der Waals surface area contributed by atoms with Crippen LogP contribution in [0.4, 0.5) is 0 Å². The fraction of sp³-hybridized carbons (Fsp3) is 0.0556. The quantitative estimate of drug-likeness (QED) is 0.149. The molecule has 0 N–H and O–H groups in total. The van der Waals surface area contributed by atoms with Gasteiger partial charge < -0.3 is 8.83 Å². The van der Waals surface area contributed by atoms with Crippen molar-refractivity contribution in [3.63, 3.8) is 0 Å². The number of hydrogen-bond acceptors (Lipinski definition) is 2. The van der Waals surface area contributed by atoms with Crippen LogP contribution in [0.5, 0.6) is 0 Å². The third-order valence-corrected chi connectivity index (χ3v) is 24.4. The first-order valence-electron chi connectivity index (χ1n) is 38.4. The molecule has 2 heterocycles. The normalized spacial score (nSPS) is 13.2. The Morgan fingerprint density at radius 1 is 0.173 bits per heavy atom. The summed E-state index contributed by atoms with van der Waals surface area (Å²) in [5.74, 6) is 0. The van der Waals surface area contributed by atoms with Gasteiger partial charge >= 0.3 is 0 Å². The summed E-state index contributed by atoms with van der Waals surface area (Å²) in [5, 5.41) is 19.7. The molecule has 0 radical (unpaired) electrons. The van der Waals surface area contributed by atoms with Crippen LogP contribution in [-0.4, -0.2) is 0 Å². The lowest BCUT2D eigenvalue weighted by atomic mass is 9.77. The lowest BCUT2D eigenvalue weighted by Crippen LogP contribution is -2.16. The Morgan fingerprint density at radius 2 is 0.436 bits per heavy atom. The summed E-state index contributed by atoms with van der Waals surface area (Å²) in [6.45, 7) is 9.62. The van der Waals surface area contributed by atoms with E-state index >= 15 is 0 Å². The van der Waals surface area contributed by atoms with Gasteiger partial charge in [0.2, 0.25) is 0 Å². The SMILES string of the molecule is CC1(C)c2c(-c3cccc(-c4c5ccccc5c(-c5cccc(-c6cccc7c6oc6ccccc67)c5)c5ccccc45)c3)cccc2-c2ccc3ccccc3c21.CC1(C)c2c(-c3cccc(-c4c5ccccc5c(-c5cccc6c5oc5ccccc56)c5ccccc45)c3)cccc2-c2ccc3ccccc3c21. The molecular weight excluding hydrogens is 1330 g/mol. The number of fused-ring (bicyclic) bond motifs is 20. The Labute approximate surface area is 638 Å². The lowest BCUT2D eigenvalue weighted by molar-refractivity contribution is 0.668. The largest absolute Gasteiger partial charge is 0.455 e. The van der Waals surface area contributed by atoms with Crippen LogP contribution in [0.15, 0.2) is 373 Å². The van der Waals surface area contributed by atoms with E-state index in [0.29, 0.717) is 0 Å². The van der Waals surface area contributed by atoms with Crippen molar-refractivity contribution in [1.82, 2.24) is 0 Å². The first-order valence-corrected chi connectivity index (χ1v) is 38.4. The molecule has 0 saturated carbocycles.